The van der Waals surface area contributed by atoms with Crippen molar-refractivity contribution in [1.82, 2.24) is 10.3 Å². The second kappa shape index (κ2) is 8.37. The Balaban J connectivity index is 1.67. The van der Waals surface area contributed by atoms with Crippen LogP contribution in [0.2, 0.25) is 5.02 Å². The van der Waals surface area contributed by atoms with E-state index in [0.717, 1.165) is 0 Å². The van der Waals surface area contributed by atoms with Crippen molar-refractivity contribution in [3.63, 3.8) is 0 Å². The van der Waals surface area contributed by atoms with Gasteiger partial charge >= 0.3 is 0 Å². The average molecular weight is 386 g/mol. The summed E-state index contributed by atoms with van der Waals surface area (Å²) in [7, 11) is 1.51. The molecule has 138 valence electrons. The third kappa shape index (κ3) is 4.65. The van der Waals surface area contributed by atoms with Crippen LogP contribution in [-0.4, -0.2) is 23.9 Å². The largest absolute Gasteiger partial charge is 0.495 e. The number of aromatic nitrogens is 1. The molecule has 0 saturated carbocycles. The maximum atomic E-state index is 12.4. The number of pyridine rings is 1. The third-order valence-corrected chi connectivity index (χ3v) is 3.92. The van der Waals surface area contributed by atoms with Gasteiger partial charge in [-0.3, -0.25) is 9.59 Å². The van der Waals surface area contributed by atoms with Gasteiger partial charge in [-0.05, 0) is 42.5 Å². The molecule has 7 nitrogen and oxygen atoms in total. The van der Waals surface area contributed by atoms with Crippen LogP contribution in [0.1, 0.15) is 26.7 Å². The van der Waals surface area contributed by atoms with E-state index in [4.69, 9.17) is 20.8 Å². The van der Waals surface area contributed by atoms with E-state index in [0.29, 0.717) is 22.2 Å². The number of hydrogen-bond donors (Lipinski definition) is 2. The Bertz CT molecular complexity index is 957. The fraction of sp³-hybridized carbons (Fsp3) is 0.105. The van der Waals surface area contributed by atoms with Gasteiger partial charge in [-0.1, -0.05) is 17.7 Å². The van der Waals surface area contributed by atoms with Crippen LogP contribution in [0.4, 0.5) is 5.69 Å². The van der Waals surface area contributed by atoms with Crippen molar-refractivity contribution in [2.24, 2.45) is 0 Å². The fourth-order valence-electron chi connectivity index (χ4n) is 2.30. The molecule has 0 saturated heterocycles. The molecule has 1 aromatic carbocycles. The van der Waals surface area contributed by atoms with Crippen molar-refractivity contribution in [3.05, 3.63) is 77.0 Å². The van der Waals surface area contributed by atoms with Gasteiger partial charge in [0.2, 0.25) is 0 Å². The van der Waals surface area contributed by atoms with E-state index in [1.165, 1.54) is 25.5 Å². The van der Waals surface area contributed by atoms with Gasteiger partial charge in [0.25, 0.3) is 11.8 Å². The van der Waals surface area contributed by atoms with E-state index in [1.54, 1.807) is 36.4 Å². The van der Waals surface area contributed by atoms with Gasteiger partial charge in [-0.25, -0.2) is 4.98 Å². The maximum Gasteiger partial charge on any atom is 0.274 e. The number of methoxy groups -OCH3 is 1. The van der Waals surface area contributed by atoms with Gasteiger partial charge in [0.05, 0.1) is 24.9 Å². The van der Waals surface area contributed by atoms with E-state index < -0.39 is 11.8 Å². The van der Waals surface area contributed by atoms with Crippen molar-refractivity contribution < 1.29 is 18.7 Å². The van der Waals surface area contributed by atoms with Crippen LogP contribution in [0.5, 0.6) is 5.75 Å². The maximum absolute atomic E-state index is 12.4. The zero-order chi connectivity index (χ0) is 19.2. The molecule has 8 heteroatoms. The molecule has 0 bridgehead atoms. The molecule has 0 atom stereocenters. The highest BCUT2D eigenvalue weighted by Crippen LogP contribution is 2.27. The van der Waals surface area contributed by atoms with Gasteiger partial charge in [0.15, 0.2) is 0 Å². The summed E-state index contributed by atoms with van der Waals surface area (Å²) in [6.07, 6.45) is 1.52. The van der Waals surface area contributed by atoms with Crippen LogP contribution in [0.25, 0.3) is 0 Å². The van der Waals surface area contributed by atoms with E-state index in [1.807, 2.05) is 0 Å². The summed E-state index contributed by atoms with van der Waals surface area (Å²) < 4.78 is 10.2. The molecule has 3 aromatic rings. The highest BCUT2D eigenvalue weighted by molar-refractivity contribution is 6.32. The Kier molecular flexibility index (Phi) is 5.73. The van der Waals surface area contributed by atoms with Gasteiger partial charge in [-0.2, -0.15) is 0 Å². The number of furan rings is 1. The number of carbonyl (C=O) groups is 2. The summed E-state index contributed by atoms with van der Waals surface area (Å²) in [5.41, 5.74) is 0.717. The molecule has 3 rings (SSSR count). The van der Waals surface area contributed by atoms with E-state index in [9.17, 15) is 9.59 Å². The smallest absolute Gasteiger partial charge is 0.274 e. The zero-order valence-electron chi connectivity index (χ0n) is 14.4. The topological polar surface area (TPSA) is 93.5 Å². The minimum atomic E-state index is -0.461. The lowest BCUT2D eigenvalue weighted by molar-refractivity contribution is 0.0943. The Morgan fingerprint density at radius 3 is 2.56 bits per heavy atom. The van der Waals surface area contributed by atoms with E-state index in [2.05, 4.69) is 15.6 Å². The molecular weight excluding hydrogens is 370 g/mol. The van der Waals surface area contributed by atoms with Crippen LogP contribution in [0.15, 0.2) is 59.2 Å². The second-order valence-corrected chi connectivity index (χ2v) is 5.88. The predicted molar refractivity (Wildman–Crippen MR) is 100 cm³/mol. The summed E-state index contributed by atoms with van der Waals surface area (Å²) in [6, 6.07) is 13.0. The van der Waals surface area contributed by atoms with E-state index in [-0.39, 0.29) is 17.9 Å². The number of carbonyl (C=O) groups excluding carboxylic acids is 2. The van der Waals surface area contributed by atoms with Crippen LogP contribution in [0.3, 0.4) is 0 Å². The van der Waals surface area contributed by atoms with Crippen molar-refractivity contribution in [2.75, 3.05) is 12.4 Å². The molecule has 0 aliphatic heterocycles. The molecule has 0 unspecified atom stereocenters. The Hall–Kier alpha value is -3.32. The standard InChI is InChI=1S/C19H16ClN3O4/c1-26-17-8-7-12(10-14(17)20)22-19(25)16-6-2-5-15(23-16)18(24)21-11-13-4-3-9-27-13/h2-10H,11H2,1H3,(H,21,24)(H,22,25). The number of anilines is 1. The number of halogens is 1. The molecule has 2 amide bonds. The first kappa shape index (κ1) is 18.5. The molecule has 2 aromatic heterocycles. The summed E-state index contributed by atoms with van der Waals surface area (Å²) in [4.78, 5) is 28.7. The highest BCUT2D eigenvalue weighted by Gasteiger charge is 2.13. The number of hydrogen-bond acceptors (Lipinski definition) is 5. The normalized spacial score (nSPS) is 10.3. The van der Waals surface area contributed by atoms with Gasteiger partial charge in [0.1, 0.15) is 22.9 Å². The number of nitrogens with one attached hydrogen (secondary N) is 2. The van der Waals surface area contributed by atoms with Gasteiger partial charge < -0.3 is 19.8 Å². The number of amides is 2. The summed E-state index contributed by atoms with van der Waals surface area (Å²) in [5, 5.41) is 5.73. The fourth-order valence-corrected chi connectivity index (χ4v) is 2.56. The molecule has 0 aliphatic carbocycles. The van der Waals surface area contributed by atoms with Crippen LogP contribution < -0.4 is 15.4 Å². The lowest BCUT2D eigenvalue weighted by atomic mass is 10.2. The number of rotatable bonds is 6. The Labute approximate surface area is 160 Å². The van der Waals surface area contributed by atoms with Gasteiger partial charge in [0, 0.05) is 5.69 Å². The summed E-state index contributed by atoms with van der Waals surface area (Å²) in [6.45, 7) is 0.230. The van der Waals surface area contributed by atoms with Crippen molar-refractivity contribution in [2.45, 2.75) is 6.54 Å². The van der Waals surface area contributed by atoms with Crippen LogP contribution >= 0.6 is 11.6 Å². The molecule has 27 heavy (non-hydrogen) atoms. The molecule has 2 N–H and O–H groups in total. The molecule has 0 aliphatic rings. The predicted octanol–water partition coefficient (Wildman–Crippen LogP) is 3.52. The third-order valence-electron chi connectivity index (χ3n) is 3.63. The van der Waals surface area contributed by atoms with Crippen molar-refractivity contribution in [3.8, 4) is 5.75 Å². The Morgan fingerprint density at radius 2 is 1.89 bits per heavy atom. The number of benzene rings is 1. The lowest BCUT2D eigenvalue weighted by Crippen LogP contribution is -2.24. The minimum absolute atomic E-state index is 0.104. The molecule has 0 spiro atoms. The van der Waals surface area contributed by atoms with Crippen molar-refractivity contribution >= 4 is 29.1 Å². The Morgan fingerprint density at radius 1 is 1.11 bits per heavy atom. The monoisotopic (exact) mass is 385 g/mol. The van der Waals surface area contributed by atoms with Crippen LogP contribution in [-0.2, 0) is 6.54 Å². The van der Waals surface area contributed by atoms with Gasteiger partial charge in [-0.15, -0.1) is 0 Å². The average Bonchev–Trinajstić information content (AvgIpc) is 3.20. The first-order valence-electron chi connectivity index (χ1n) is 7.99. The molecule has 0 radical (unpaired) electrons. The first-order chi connectivity index (χ1) is 13.1. The number of ether oxygens (including phenoxy) is 1. The lowest BCUT2D eigenvalue weighted by Gasteiger charge is -2.08. The summed E-state index contributed by atoms with van der Waals surface area (Å²) in [5.74, 6) is 0.252. The SMILES string of the molecule is COc1ccc(NC(=O)c2cccc(C(=O)NCc3ccco3)n2)cc1Cl. The molecular formula is C19H16ClN3O4. The quantitative estimate of drug-likeness (QED) is 0.677. The van der Waals surface area contributed by atoms with Crippen LogP contribution in [0, 0.1) is 0 Å². The first-order valence-corrected chi connectivity index (χ1v) is 8.37. The second-order valence-electron chi connectivity index (χ2n) is 5.47. The van der Waals surface area contributed by atoms with E-state index >= 15 is 0 Å². The zero-order valence-corrected chi connectivity index (χ0v) is 15.1. The van der Waals surface area contributed by atoms with Crippen molar-refractivity contribution in [1.29, 1.82) is 0 Å². The minimum Gasteiger partial charge on any atom is -0.495 e. The molecule has 0 fully saturated rings. The number of nitrogens with zero attached hydrogens (tertiary/aromatic N) is 1. The summed E-state index contributed by atoms with van der Waals surface area (Å²) >= 11 is 6.05. The highest BCUT2D eigenvalue weighted by atomic mass is 35.5. The molecule has 2 heterocycles.